The number of rotatable bonds is 9. The van der Waals surface area contributed by atoms with E-state index < -0.39 is 33.0 Å². The fraction of sp³-hybridized carbons (Fsp3) is 0.0741. The predicted octanol–water partition coefficient (Wildman–Crippen LogP) is 5.56. The van der Waals surface area contributed by atoms with Gasteiger partial charge in [0.15, 0.2) is 9.84 Å². The summed E-state index contributed by atoms with van der Waals surface area (Å²) in [5.41, 5.74) is 6.50. The van der Waals surface area contributed by atoms with E-state index in [0.29, 0.717) is 27.6 Å². The molecule has 0 aliphatic rings. The first-order valence-electron chi connectivity index (χ1n) is 10.9. The van der Waals surface area contributed by atoms with Gasteiger partial charge in [-0.15, -0.1) is 0 Å². The zero-order chi connectivity index (χ0) is 25.7. The van der Waals surface area contributed by atoms with Crippen molar-refractivity contribution >= 4 is 27.3 Å². The number of benzene rings is 4. The Bertz CT molecular complexity index is 1450. The molecule has 184 valence electrons. The van der Waals surface area contributed by atoms with Crippen LogP contribution >= 0.6 is 11.6 Å². The summed E-state index contributed by atoms with van der Waals surface area (Å²) in [6, 6.07) is 25.1. The number of hydrogen-bond acceptors (Lipinski definition) is 5. The minimum atomic E-state index is -4.09. The van der Waals surface area contributed by atoms with Gasteiger partial charge in [0.05, 0.1) is 4.90 Å². The molecule has 0 aromatic heterocycles. The van der Waals surface area contributed by atoms with Crippen LogP contribution in [0.1, 0.15) is 22.5 Å². The van der Waals surface area contributed by atoms with E-state index in [9.17, 15) is 17.6 Å². The molecule has 0 heterocycles. The molecule has 0 saturated heterocycles. The third-order valence-corrected chi connectivity index (χ3v) is 7.61. The maximum absolute atomic E-state index is 13.8. The molecule has 2 atom stereocenters. The minimum Gasteiger partial charge on any atom is -0.457 e. The van der Waals surface area contributed by atoms with Crippen LogP contribution in [0.25, 0.3) is 0 Å². The molecule has 0 spiro atoms. The summed E-state index contributed by atoms with van der Waals surface area (Å²) in [6.07, 6.45) is 0. The number of amides is 1. The average molecular weight is 525 g/mol. The van der Waals surface area contributed by atoms with Crippen molar-refractivity contribution in [2.24, 2.45) is 5.73 Å². The smallest absolute Gasteiger partial charge is 0.239 e. The fourth-order valence-corrected chi connectivity index (χ4v) is 5.38. The Morgan fingerprint density at radius 1 is 0.833 bits per heavy atom. The Labute approximate surface area is 213 Å². The number of primary amides is 1. The SMILES string of the molecule is NC(=O)C(N[C@@H](c1cccc(Oc2ccc(F)cc2)c1)S(=O)(=O)c1ccc(Cl)cc1)c1ccccc1. The number of halogens is 2. The Hall–Kier alpha value is -3.72. The van der Waals surface area contributed by atoms with Crippen LogP contribution in [0.15, 0.2) is 108 Å². The highest BCUT2D eigenvalue weighted by atomic mass is 35.5. The first kappa shape index (κ1) is 25.4. The van der Waals surface area contributed by atoms with E-state index in [0.717, 1.165) is 0 Å². The molecule has 36 heavy (non-hydrogen) atoms. The molecule has 3 N–H and O–H groups in total. The van der Waals surface area contributed by atoms with Crippen LogP contribution in [0.4, 0.5) is 4.39 Å². The number of sulfone groups is 1. The number of carbonyl (C=O) groups is 1. The lowest BCUT2D eigenvalue weighted by molar-refractivity contribution is -0.120. The molecular weight excluding hydrogens is 503 g/mol. The van der Waals surface area contributed by atoms with E-state index in [4.69, 9.17) is 22.1 Å². The van der Waals surface area contributed by atoms with Gasteiger partial charge in [-0.05, 0) is 71.8 Å². The third-order valence-electron chi connectivity index (χ3n) is 5.40. The molecule has 0 saturated carbocycles. The Balaban J connectivity index is 1.77. The standard InChI is InChI=1S/C27H22ClFN2O4S/c28-20-9-15-24(16-10-20)36(33,34)27(31-25(26(30)32)18-5-2-1-3-6-18)19-7-4-8-23(17-19)35-22-13-11-21(29)12-14-22/h1-17,25,27,31H,(H2,30,32)/t25?,27-/m1/s1. The van der Waals surface area contributed by atoms with Crippen LogP contribution in [0.5, 0.6) is 11.5 Å². The zero-order valence-corrected chi connectivity index (χ0v) is 20.4. The quantitative estimate of drug-likeness (QED) is 0.299. The van der Waals surface area contributed by atoms with Gasteiger partial charge < -0.3 is 10.5 Å². The van der Waals surface area contributed by atoms with Gasteiger partial charge in [-0.2, -0.15) is 0 Å². The molecule has 0 bridgehead atoms. The Kier molecular flexibility index (Phi) is 7.69. The van der Waals surface area contributed by atoms with E-state index in [-0.39, 0.29) is 4.90 Å². The van der Waals surface area contributed by atoms with Crippen molar-refractivity contribution < 1.29 is 22.3 Å². The van der Waals surface area contributed by atoms with Gasteiger partial charge in [0, 0.05) is 5.02 Å². The van der Waals surface area contributed by atoms with Gasteiger partial charge in [-0.3, -0.25) is 10.1 Å². The topological polar surface area (TPSA) is 98.5 Å². The number of nitrogens with two attached hydrogens (primary N) is 1. The fourth-order valence-electron chi connectivity index (χ4n) is 3.64. The van der Waals surface area contributed by atoms with E-state index >= 15 is 0 Å². The Morgan fingerprint density at radius 2 is 1.47 bits per heavy atom. The summed E-state index contributed by atoms with van der Waals surface area (Å²) in [4.78, 5) is 12.4. The van der Waals surface area contributed by atoms with Crippen molar-refractivity contribution in [2.75, 3.05) is 0 Å². The molecule has 6 nitrogen and oxygen atoms in total. The lowest BCUT2D eigenvalue weighted by Crippen LogP contribution is -2.39. The van der Waals surface area contributed by atoms with Crippen LogP contribution in [-0.4, -0.2) is 14.3 Å². The summed E-state index contributed by atoms with van der Waals surface area (Å²) in [5, 5.41) is 1.95. The van der Waals surface area contributed by atoms with Crippen LogP contribution in [0, 0.1) is 5.82 Å². The Morgan fingerprint density at radius 3 is 2.11 bits per heavy atom. The normalized spacial score (nSPS) is 13.1. The van der Waals surface area contributed by atoms with E-state index in [1.54, 1.807) is 48.5 Å². The largest absolute Gasteiger partial charge is 0.457 e. The van der Waals surface area contributed by atoms with E-state index in [1.165, 1.54) is 54.6 Å². The summed E-state index contributed by atoms with van der Waals surface area (Å²) in [6.45, 7) is 0. The lowest BCUT2D eigenvalue weighted by atomic mass is 10.1. The second kappa shape index (κ2) is 10.9. The van der Waals surface area contributed by atoms with Gasteiger partial charge >= 0.3 is 0 Å². The van der Waals surface area contributed by atoms with Gasteiger partial charge in [-0.25, -0.2) is 12.8 Å². The molecule has 4 aromatic rings. The molecule has 0 radical (unpaired) electrons. The molecule has 4 rings (SSSR count). The maximum Gasteiger partial charge on any atom is 0.239 e. The van der Waals surface area contributed by atoms with Crippen molar-refractivity contribution in [1.82, 2.24) is 5.32 Å². The van der Waals surface area contributed by atoms with Crippen LogP contribution in [0.2, 0.25) is 5.02 Å². The third kappa shape index (κ3) is 5.91. The highest BCUT2D eigenvalue weighted by Gasteiger charge is 2.33. The summed E-state index contributed by atoms with van der Waals surface area (Å²) in [7, 11) is -4.09. The van der Waals surface area contributed by atoms with Gasteiger partial charge in [-0.1, -0.05) is 54.1 Å². The predicted molar refractivity (Wildman–Crippen MR) is 136 cm³/mol. The van der Waals surface area contributed by atoms with Gasteiger partial charge in [0.1, 0.15) is 28.7 Å². The van der Waals surface area contributed by atoms with Crippen molar-refractivity contribution in [2.45, 2.75) is 16.3 Å². The van der Waals surface area contributed by atoms with Crippen molar-refractivity contribution in [3.63, 3.8) is 0 Å². The number of hydrogen-bond donors (Lipinski definition) is 2. The van der Waals surface area contributed by atoms with Crippen molar-refractivity contribution in [3.8, 4) is 11.5 Å². The van der Waals surface area contributed by atoms with Crippen molar-refractivity contribution in [3.05, 3.63) is 125 Å². The van der Waals surface area contributed by atoms with Gasteiger partial charge in [0.25, 0.3) is 0 Å². The van der Waals surface area contributed by atoms with Crippen molar-refractivity contribution in [1.29, 1.82) is 0 Å². The minimum absolute atomic E-state index is 0.00513. The highest BCUT2D eigenvalue weighted by molar-refractivity contribution is 7.91. The van der Waals surface area contributed by atoms with Gasteiger partial charge in [0.2, 0.25) is 5.91 Å². The molecule has 0 aliphatic heterocycles. The van der Waals surface area contributed by atoms with E-state index in [1.807, 2.05) is 0 Å². The lowest BCUT2D eigenvalue weighted by Gasteiger charge is -2.25. The maximum atomic E-state index is 13.8. The summed E-state index contributed by atoms with van der Waals surface area (Å²) in [5.74, 6) is -0.450. The molecule has 9 heteroatoms. The number of nitrogens with one attached hydrogen (secondary N) is 1. The molecular formula is C27H22ClFN2O4S. The number of carbonyl (C=O) groups excluding carboxylic acids is 1. The second-order valence-electron chi connectivity index (χ2n) is 7.92. The summed E-state index contributed by atoms with van der Waals surface area (Å²) < 4.78 is 46.7. The molecule has 1 amide bonds. The molecule has 0 aliphatic carbocycles. The zero-order valence-electron chi connectivity index (χ0n) is 18.8. The number of ether oxygens (including phenoxy) is 1. The highest BCUT2D eigenvalue weighted by Crippen LogP contribution is 2.33. The van der Waals surface area contributed by atoms with Crippen LogP contribution < -0.4 is 15.8 Å². The molecule has 4 aromatic carbocycles. The first-order chi connectivity index (χ1) is 17.2. The van der Waals surface area contributed by atoms with Crippen LogP contribution in [-0.2, 0) is 14.6 Å². The average Bonchev–Trinajstić information content (AvgIpc) is 2.86. The summed E-state index contributed by atoms with van der Waals surface area (Å²) >= 11 is 5.96. The molecule has 0 fully saturated rings. The first-order valence-corrected chi connectivity index (χ1v) is 12.8. The van der Waals surface area contributed by atoms with E-state index in [2.05, 4.69) is 5.32 Å². The second-order valence-corrected chi connectivity index (χ2v) is 10.4. The monoisotopic (exact) mass is 524 g/mol. The van der Waals surface area contributed by atoms with Crippen LogP contribution in [0.3, 0.4) is 0 Å². The molecule has 1 unspecified atom stereocenters.